The van der Waals surface area contributed by atoms with Crippen molar-refractivity contribution in [2.45, 2.75) is 12.5 Å². The van der Waals surface area contributed by atoms with Crippen molar-refractivity contribution in [3.8, 4) is 0 Å². The molecule has 0 aliphatic rings. The van der Waals surface area contributed by atoms with Crippen molar-refractivity contribution in [2.24, 2.45) is 5.73 Å². The van der Waals surface area contributed by atoms with Crippen molar-refractivity contribution in [1.29, 1.82) is 0 Å². The van der Waals surface area contributed by atoms with Gasteiger partial charge in [0, 0.05) is 23.5 Å². The maximum absolute atomic E-state index is 11.3. The number of nitrogens with one attached hydrogen (secondary N) is 1. The summed E-state index contributed by atoms with van der Waals surface area (Å²) >= 11 is 0. The monoisotopic (exact) mass is 228 g/mol. The van der Waals surface area contributed by atoms with Crippen LogP contribution in [0.5, 0.6) is 0 Å². The molecule has 0 aliphatic carbocycles. The molecular weight excluding hydrogens is 215 g/mol. The topological polar surface area (TPSA) is 68.1 Å². The van der Waals surface area contributed by atoms with Gasteiger partial charge in [0.05, 0.1) is 7.11 Å². The Morgan fingerprint density at radius 1 is 1.59 bits per heavy atom. The molecule has 1 atom stereocenters. The van der Waals surface area contributed by atoms with E-state index < -0.39 is 12.0 Å². The minimum atomic E-state index is -0.642. The number of rotatable bonds is 3. The molecule has 2 rings (SSSR count). The second kappa shape index (κ2) is 4.63. The summed E-state index contributed by atoms with van der Waals surface area (Å²) < 4.78 is 4.60. The molecule has 0 amide bonds. The summed E-state index contributed by atoms with van der Waals surface area (Å²) in [6, 6.07) is 4.95. The van der Waals surface area contributed by atoms with Gasteiger partial charge < -0.3 is 15.5 Å². The lowest BCUT2D eigenvalue weighted by Crippen LogP contribution is -2.33. The highest BCUT2D eigenvalue weighted by atomic mass is 16.5. The number of methoxy groups -OCH3 is 1. The lowest BCUT2D eigenvalue weighted by molar-refractivity contribution is -0.142. The van der Waals surface area contributed by atoms with Crippen LogP contribution in [-0.4, -0.2) is 32.0 Å². The zero-order chi connectivity index (χ0) is 12.4. The molecule has 0 saturated heterocycles. The van der Waals surface area contributed by atoms with Gasteiger partial charge in [-0.25, -0.2) is 0 Å². The van der Waals surface area contributed by atoms with Crippen molar-refractivity contribution in [1.82, 2.24) is 4.98 Å². The number of ether oxygens (including phenoxy) is 1. The van der Waals surface area contributed by atoms with Crippen LogP contribution in [0.25, 0.3) is 10.9 Å². The van der Waals surface area contributed by atoms with Crippen LogP contribution in [0.3, 0.4) is 0 Å². The van der Waals surface area contributed by atoms with E-state index in [1.807, 2.05) is 24.4 Å². The number of hydrogen-bond acceptors (Lipinski definition) is 3. The lowest BCUT2D eigenvalue weighted by Gasteiger charge is -2.08. The Labute approximate surface area is 101 Å². The highest BCUT2D eigenvalue weighted by molar-refractivity contribution is 6.33. The Bertz CT molecular complexity index is 550. The lowest BCUT2D eigenvalue weighted by atomic mass is 9.94. The molecule has 86 valence electrons. The third-order valence-corrected chi connectivity index (χ3v) is 2.74. The Morgan fingerprint density at radius 3 is 3.06 bits per heavy atom. The van der Waals surface area contributed by atoms with Gasteiger partial charge in [0.25, 0.3) is 0 Å². The number of carbonyl (C=O) groups excluding carboxylic acids is 1. The van der Waals surface area contributed by atoms with Crippen molar-refractivity contribution in [3.05, 3.63) is 30.0 Å². The van der Waals surface area contributed by atoms with E-state index in [0.29, 0.717) is 11.9 Å². The van der Waals surface area contributed by atoms with Gasteiger partial charge in [0.1, 0.15) is 13.9 Å². The first-order chi connectivity index (χ1) is 8.11. The number of benzene rings is 1. The number of carbonyl (C=O) groups is 1. The van der Waals surface area contributed by atoms with Crippen molar-refractivity contribution in [2.75, 3.05) is 7.11 Å². The molecule has 1 heterocycles. The van der Waals surface area contributed by atoms with Gasteiger partial charge in [-0.3, -0.25) is 4.79 Å². The fourth-order valence-corrected chi connectivity index (χ4v) is 1.84. The molecule has 0 bridgehead atoms. The smallest absolute Gasteiger partial charge is 0.322 e. The first-order valence-corrected chi connectivity index (χ1v) is 5.30. The largest absolute Gasteiger partial charge is 0.468 e. The average Bonchev–Trinajstić information content (AvgIpc) is 2.70. The molecule has 0 unspecified atom stereocenters. The Balaban J connectivity index is 2.28. The highest BCUT2D eigenvalue weighted by Crippen LogP contribution is 2.18. The predicted octanol–water partition coefficient (Wildman–Crippen LogP) is 0.00450. The molecule has 1 aromatic carbocycles. The standard InChI is InChI=1S/C12H13BN2O2/c1-17-12(16)10(14)4-7-6-15-11-5-8(13)2-3-9(7)11/h2-3,5-6,10,15H,4,14H2,1H3/t10-/m0/s1. The SMILES string of the molecule is [B]c1ccc2c(C[C@H](N)C(=O)OC)c[nH]c2c1. The zero-order valence-electron chi connectivity index (χ0n) is 9.57. The van der Waals surface area contributed by atoms with Gasteiger partial charge in [-0.2, -0.15) is 0 Å². The van der Waals surface area contributed by atoms with E-state index in [1.54, 1.807) is 0 Å². The Kier molecular flexibility index (Phi) is 3.20. The van der Waals surface area contributed by atoms with Crippen LogP contribution in [0.15, 0.2) is 24.4 Å². The number of H-pyrrole nitrogens is 1. The maximum atomic E-state index is 11.3. The van der Waals surface area contributed by atoms with Crippen LogP contribution >= 0.6 is 0 Å². The first kappa shape index (κ1) is 11.7. The number of fused-ring (bicyclic) bond motifs is 1. The van der Waals surface area contributed by atoms with Crippen LogP contribution < -0.4 is 11.2 Å². The summed E-state index contributed by atoms with van der Waals surface area (Å²) in [6.07, 6.45) is 2.28. The fraction of sp³-hybridized carbons (Fsp3) is 0.250. The van der Waals surface area contributed by atoms with Gasteiger partial charge in [0.15, 0.2) is 0 Å². The molecule has 0 fully saturated rings. The van der Waals surface area contributed by atoms with Gasteiger partial charge in [-0.15, -0.1) is 0 Å². The van der Waals surface area contributed by atoms with Gasteiger partial charge in [-0.05, 0) is 11.6 Å². The molecule has 0 spiro atoms. The summed E-state index contributed by atoms with van der Waals surface area (Å²) in [5, 5.41) is 1.03. The number of nitrogens with two attached hydrogens (primary N) is 1. The second-order valence-electron chi connectivity index (χ2n) is 3.95. The maximum Gasteiger partial charge on any atom is 0.322 e. The fourth-order valence-electron chi connectivity index (χ4n) is 1.84. The van der Waals surface area contributed by atoms with E-state index in [2.05, 4.69) is 9.72 Å². The van der Waals surface area contributed by atoms with Crippen molar-refractivity contribution in [3.63, 3.8) is 0 Å². The van der Waals surface area contributed by atoms with E-state index >= 15 is 0 Å². The van der Waals surface area contributed by atoms with Gasteiger partial charge >= 0.3 is 5.97 Å². The molecule has 1 aromatic heterocycles. The third kappa shape index (κ3) is 2.34. The van der Waals surface area contributed by atoms with E-state index in [0.717, 1.165) is 16.5 Å². The summed E-state index contributed by atoms with van der Waals surface area (Å²) in [6.45, 7) is 0. The molecule has 17 heavy (non-hydrogen) atoms. The van der Waals surface area contributed by atoms with Crippen LogP contribution in [0, 0.1) is 0 Å². The first-order valence-electron chi connectivity index (χ1n) is 5.30. The molecular formula is C12H13BN2O2. The van der Waals surface area contributed by atoms with Crippen LogP contribution in [0.4, 0.5) is 0 Å². The van der Waals surface area contributed by atoms with E-state index in [4.69, 9.17) is 13.6 Å². The van der Waals surface area contributed by atoms with Crippen molar-refractivity contribution >= 4 is 30.2 Å². The minimum absolute atomic E-state index is 0.408. The van der Waals surface area contributed by atoms with Gasteiger partial charge in [-0.1, -0.05) is 17.6 Å². The number of aromatic nitrogens is 1. The molecule has 5 heteroatoms. The zero-order valence-corrected chi connectivity index (χ0v) is 9.57. The number of esters is 1. The third-order valence-electron chi connectivity index (χ3n) is 2.74. The van der Waals surface area contributed by atoms with Crippen LogP contribution in [0.2, 0.25) is 0 Å². The number of aromatic amines is 1. The van der Waals surface area contributed by atoms with Crippen molar-refractivity contribution < 1.29 is 9.53 Å². The quantitative estimate of drug-likeness (QED) is 0.574. The Hall–Kier alpha value is -1.75. The van der Waals surface area contributed by atoms with E-state index in [1.165, 1.54) is 7.11 Å². The summed E-state index contributed by atoms with van der Waals surface area (Å²) in [5.74, 6) is -0.408. The Morgan fingerprint density at radius 2 is 2.35 bits per heavy atom. The van der Waals surface area contributed by atoms with E-state index in [9.17, 15) is 4.79 Å². The molecule has 0 aliphatic heterocycles. The molecule has 2 radical (unpaired) electrons. The molecule has 4 nitrogen and oxygen atoms in total. The average molecular weight is 228 g/mol. The minimum Gasteiger partial charge on any atom is -0.468 e. The highest BCUT2D eigenvalue weighted by Gasteiger charge is 2.16. The predicted molar refractivity (Wildman–Crippen MR) is 67.4 cm³/mol. The van der Waals surface area contributed by atoms with Crippen LogP contribution in [0.1, 0.15) is 5.56 Å². The van der Waals surface area contributed by atoms with E-state index in [-0.39, 0.29) is 0 Å². The summed E-state index contributed by atoms with van der Waals surface area (Å²) in [4.78, 5) is 14.4. The number of hydrogen-bond donors (Lipinski definition) is 2. The molecule has 0 saturated carbocycles. The van der Waals surface area contributed by atoms with Gasteiger partial charge in [0.2, 0.25) is 0 Å². The second-order valence-corrected chi connectivity index (χ2v) is 3.95. The summed E-state index contributed by atoms with van der Waals surface area (Å²) in [7, 11) is 7.02. The molecule has 3 N–H and O–H groups in total. The molecule has 2 aromatic rings. The normalized spacial score (nSPS) is 12.6. The van der Waals surface area contributed by atoms with Crippen LogP contribution in [-0.2, 0) is 16.0 Å². The summed E-state index contributed by atoms with van der Waals surface area (Å²) in [5.41, 5.74) is 8.35.